The molecule has 4 aromatic rings. The highest BCUT2D eigenvalue weighted by Crippen LogP contribution is 2.34. The molecule has 1 heterocycles. The van der Waals surface area contributed by atoms with Crippen molar-refractivity contribution < 1.29 is 14.7 Å². The number of carbonyl (C=O) groups excluding carboxylic acids is 1. The number of carboxylic acids is 1. The molecule has 1 saturated heterocycles. The average Bonchev–Trinajstić information content (AvgIpc) is 3.18. The number of nitrogens with zero attached hydrogens (tertiary/aromatic N) is 1. The zero-order valence-corrected chi connectivity index (χ0v) is 21.5. The molecule has 1 N–H and O–H groups in total. The van der Waals surface area contributed by atoms with E-state index in [1.807, 2.05) is 48.5 Å². The van der Waals surface area contributed by atoms with Gasteiger partial charge < -0.3 is 5.11 Å². The number of rotatable bonds is 7. The van der Waals surface area contributed by atoms with Crippen molar-refractivity contribution in [2.24, 2.45) is 0 Å². The maximum atomic E-state index is 13.0. The van der Waals surface area contributed by atoms with Crippen molar-refractivity contribution in [2.75, 3.05) is 0 Å². The van der Waals surface area contributed by atoms with Crippen LogP contribution in [0.3, 0.4) is 0 Å². The molecule has 182 valence electrons. The highest BCUT2D eigenvalue weighted by Gasteiger charge is 2.31. The minimum absolute atomic E-state index is 0.0259. The summed E-state index contributed by atoms with van der Waals surface area (Å²) in [7, 11) is 0. The van der Waals surface area contributed by atoms with E-state index in [0.29, 0.717) is 15.8 Å². The summed E-state index contributed by atoms with van der Waals surface area (Å²) in [5.41, 5.74) is 7.16. The summed E-state index contributed by atoms with van der Waals surface area (Å²) in [4.78, 5) is 26.1. The van der Waals surface area contributed by atoms with Gasteiger partial charge in [0.2, 0.25) is 0 Å². The standard InChI is InChI=1S/C31H23NO3S2/c33-29(34)19-22-6-8-23(9-7-22)20-32-30(35)28(37-31(32)36)18-21-10-12-25(13-11-21)27-16-14-26(15-17-27)24-4-2-1-3-5-24/h1-18H,19-20H2,(H,33,34)/b28-18-. The molecule has 0 spiro atoms. The van der Waals surface area contributed by atoms with Gasteiger partial charge in [-0.05, 0) is 45.0 Å². The van der Waals surface area contributed by atoms with Crippen molar-refractivity contribution in [1.82, 2.24) is 4.90 Å². The Balaban J connectivity index is 1.26. The molecule has 0 unspecified atom stereocenters. The summed E-state index contributed by atoms with van der Waals surface area (Å²) >= 11 is 6.77. The third kappa shape index (κ3) is 5.88. The van der Waals surface area contributed by atoms with Crippen LogP contribution in [0.4, 0.5) is 0 Å². The quantitative estimate of drug-likeness (QED) is 0.209. The van der Waals surface area contributed by atoms with Crippen LogP contribution in [0.25, 0.3) is 28.3 Å². The molecule has 0 aliphatic carbocycles. The van der Waals surface area contributed by atoms with Gasteiger partial charge in [-0.2, -0.15) is 0 Å². The lowest BCUT2D eigenvalue weighted by atomic mass is 9.99. The van der Waals surface area contributed by atoms with Crippen molar-refractivity contribution >= 4 is 46.3 Å². The molecule has 0 aromatic heterocycles. The largest absolute Gasteiger partial charge is 0.481 e. The predicted molar refractivity (Wildman–Crippen MR) is 154 cm³/mol. The molecule has 0 saturated carbocycles. The summed E-state index contributed by atoms with van der Waals surface area (Å²) in [6.45, 7) is 0.354. The van der Waals surface area contributed by atoms with Crippen molar-refractivity contribution in [3.05, 3.63) is 125 Å². The van der Waals surface area contributed by atoms with Crippen molar-refractivity contribution in [2.45, 2.75) is 13.0 Å². The van der Waals surface area contributed by atoms with E-state index in [4.69, 9.17) is 17.3 Å². The molecule has 1 amide bonds. The molecule has 0 radical (unpaired) electrons. The molecule has 4 nitrogen and oxygen atoms in total. The normalized spacial score (nSPS) is 14.4. The molecule has 0 atom stereocenters. The molecule has 37 heavy (non-hydrogen) atoms. The third-order valence-electron chi connectivity index (χ3n) is 6.13. The molecule has 5 rings (SSSR count). The van der Waals surface area contributed by atoms with E-state index in [1.54, 1.807) is 17.0 Å². The molecule has 1 aliphatic rings. The van der Waals surface area contributed by atoms with Crippen molar-refractivity contribution in [3.8, 4) is 22.3 Å². The minimum Gasteiger partial charge on any atom is -0.481 e. The number of carboxylic acid groups (broad SMARTS) is 1. The minimum atomic E-state index is -0.871. The van der Waals surface area contributed by atoms with Crippen LogP contribution >= 0.6 is 24.0 Å². The van der Waals surface area contributed by atoms with E-state index in [0.717, 1.165) is 27.8 Å². The molecular formula is C31H23NO3S2. The van der Waals surface area contributed by atoms with Gasteiger partial charge >= 0.3 is 5.97 Å². The predicted octanol–water partition coefficient (Wildman–Crippen LogP) is 7.05. The van der Waals surface area contributed by atoms with E-state index >= 15 is 0 Å². The fourth-order valence-corrected chi connectivity index (χ4v) is 5.42. The Bertz CT molecular complexity index is 1480. The van der Waals surface area contributed by atoms with E-state index in [-0.39, 0.29) is 12.3 Å². The van der Waals surface area contributed by atoms with Gasteiger partial charge in [-0.15, -0.1) is 0 Å². The van der Waals surface area contributed by atoms with Crippen molar-refractivity contribution in [3.63, 3.8) is 0 Å². The van der Waals surface area contributed by atoms with Crippen molar-refractivity contribution in [1.29, 1.82) is 0 Å². The van der Waals surface area contributed by atoms with Gasteiger partial charge in [0.15, 0.2) is 0 Å². The lowest BCUT2D eigenvalue weighted by Crippen LogP contribution is -2.27. The number of amides is 1. The molecule has 6 heteroatoms. The summed E-state index contributed by atoms with van der Waals surface area (Å²) in [5.74, 6) is -0.992. The van der Waals surface area contributed by atoms with Gasteiger partial charge in [-0.25, -0.2) is 0 Å². The SMILES string of the molecule is O=C(O)Cc1ccc(CN2C(=O)/C(=C/c3ccc(-c4ccc(-c5ccccc5)cc4)cc3)SC2=S)cc1. The number of thiocarbonyl (C=S) groups is 1. The third-order valence-corrected chi connectivity index (χ3v) is 7.50. The number of hydrogen-bond donors (Lipinski definition) is 1. The Kier molecular flexibility index (Phi) is 7.30. The zero-order valence-electron chi connectivity index (χ0n) is 19.8. The summed E-state index contributed by atoms with van der Waals surface area (Å²) in [6.07, 6.45) is 1.85. The first-order chi connectivity index (χ1) is 18.0. The zero-order chi connectivity index (χ0) is 25.8. The van der Waals surface area contributed by atoms with E-state index in [2.05, 4.69) is 48.5 Å². The Morgan fingerprint density at radius 3 is 1.84 bits per heavy atom. The second-order valence-corrected chi connectivity index (χ2v) is 10.4. The first-order valence-corrected chi connectivity index (χ1v) is 13.0. The lowest BCUT2D eigenvalue weighted by Gasteiger charge is -2.14. The summed E-state index contributed by atoms with van der Waals surface area (Å²) in [6, 6.07) is 34.2. The lowest BCUT2D eigenvalue weighted by molar-refractivity contribution is -0.136. The number of aliphatic carboxylic acids is 1. The topological polar surface area (TPSA) is 57.6 Å². The van der Waals surface area contributed by atoms with E-state index in [1.165, 1.54) is 22.9 Å². The fraction of sp³-hybridized carbons (Fsp3) is 0.0645. The summed E-state index contributed by atoms with van der Waals surface area (Å²) in [5, 5.41) is 8.93. The molecular weight excluding hydrogens is 498 g/mol. The van der Waals surface area contributed by atoms with Crippen LogP contribution in [0.5, 0.6) is 0 Å². The molecule has 1 fully saturated rings. The van der Waals surface area contributed by atoms with Gasteiger partial charge in [0.05, 0.1) is 17.9 Å². The van der Waals surface area contributed by atoms with Gasteiger partial charge in [-0.1, -0.05) is 127 Å². The fourth-order valence-electron chi connectivity index (χ4n) is 4.16. The second kappa shape index (κ2) is 10.9. The highest BCUT2D eigenvalue weighted by atomic mass is 32.2. The van der Waals surface area contributed by atoms with Crippen LogP contribution in [0.2, 0.25) is 0 Å². The van der Waals surface area contributed by atoms with Crippen LogP contribution in [-0.2, 0) is 22.6 Å². The van der Waals surface area contributed by atoms with Crippen LogP contribution in [0, 0.1) is 0 Å². The van der Waals surface area contributed by atoms with E-state index < -0.39 is 5.97 Å². The van der Waals surface area contributed by atoms with E-state index in [9.17, 15) is 9.59 Å². The average molecular weight is 522 g/mol. The Hall–Kier alpha value is -4.00. The first kappa shape index (κ1) is 24.7. The number of benzene rings is 4. The van der Waals surface area contributed by atoms with Gasteiger partial charge in [0.1, 0.15) is 4.32 Å². The maximum absolute atomic E-state index is 13.0. The Morgan fingerprint density at radius 1 is 0.757 bits per heavy atom. The number of thioether (sulfide) groups is 1. The monoisotopic (exact) mass is 521 g/mol. The van der Waals surface area contributed by atoms with Gasteiger partial charge in [0, 0.05) is 0 Å². The molecule has 0 bridgehead atoms. The van der Waals surface area contributed by atoms with Gasteiger partial charge in [0.25, 0.3) is 5.91 Å². The molecule has 4 aromatic carbocycles. The first-order valence-electron chi connectivity index (χ1n) is 11.8. The van der Waals surface area contributed by atoms with Crippen LogP contribution in [-0.4, -0.2) is 26.2 Å². The Labute approximate surface area is 225 Å². The summed E-state index contributed by atoms with van der Waals surface area (Å²) < 4.78 is 0.515. The number of carbonyl (C=O) groups is 2. The maximum Gasteiger partial charge on any atom is 0.307 e. The highest BCUT2D eigenvalue weighted by molar-refractivity contribution is 8.26. The Morgan fingerprint density at radius 2 is 1.27 bits per heavy atom. The van der Waals surface area contributed by atoms with Crippen LogP contribution < -0.4 is 0 Å². The van der Waals surface area contributed by atoms with Crippen LogP contribution in [0.1, 0.15) is 16.7 Å². The second-order valence-electron chi connectivity index (χ2n) is 8.72. The number of hydrogen-bond acceptors (Lipinski definition) is 4. The smallest absolute Gasteiger partial charge is 0.307 e. The van der Waals surface area contributed by atoms with Crippen LogP contribution in [0.15, 0.2) is 108 Å². The molecule has 1 aliphatic heterocycles. The van der Waals surface area contributed by atoms with Gasteiger partial charge in [-0.3, -0.25) is 14.5 Å².